The Balaban J connectivity index is 1.44. The molecule has 1 heterocycles. The molecule has 2 aromatic rings. The Bertz CT molecular complexity index is 849. The van der Waals surface area contributed by atoms with Crippen molar-refractivity contribution in [3.8, 4) is 11.5 Å². The molecule has 0 aromatic heterocycles. The molecule has 6 nitrogen and oxygen atoms in total. The molecular formula is C24H30N2O4. The molecule has 30 heavy (non-hydrogen) atoms. The number of ether oxygens (including phenoxy) is 2. The van der Waals surface area contributed by atoms with E-state index in [1.165, 1.54) is 0 Å². The summed E-state index contributed by atoms with van der Waals surface area (Å²) in [5.41, 5.74) is 2.42. The molecule has 3 rings (SSSR count). The zero-order chi connectivity index (χ0) is 21.5. The molecule has 1 N–H and O–H groups in total. The number of nitrogens with zero attached hydrogens (tertiary/aromatic N) is 1. The van der Waals surface area contributed by atoms with Crippen LogP contribution in [-0.2, 0) is 0 Å². The molecule has 0 saturated carbocycles. The van der Waals surface area contributed by atoms with Gasteiger partial charge in [0.2, 0.25) is 0 Å². The molecule has 0 atom stereocenters. The summed E-state index contributed by atoms with van der Waals surface area (Å²) in [7, 11) is 3.12. The zero-order valence-corrected chi connectivity index (χ0v) is 17.9. The van der Waals surface area contributed by atoms with Crippen LogP contribution < -0.4 is 14.8 Å². The lowest BCUT2D eigenvalue weighted by molar-refractivity contribution is 0.0687. The molecule has 1 fully saturated rings. The van der Waals surface area contributed by atoms with Gasteiger partial charge in [-0.25, -0.2) is 0 Å². The van der Waals surface area contributed by atoms with Gasteiger partial charge in [-0.3, -0.25) is 9.59 Å². The minimum atomic E-state index is -0.140. The fourth-order valence-corrected chi connectivity index (χ4v) is 3.73. The van der Waals surface area contributed by atoms with E-state index in [1.807, 2.05) is 36.1 Å². The second-order valence-corrected chi connectivity index (χ2v) is 7.75. The fourth-order valence-electron chi connectivity index (χ4n) is 3.73. The second kappa shape index (κ2) is 10.1. The smallest absolute Gasteiger partial charge is 0.253 e. The van der Waals surface area contributed by atoms with Crippen molar-refractivity contribution in [1.82, 2.24) is 10.2 Å². The Kier molecular flexibility index (Phi) is 7.33. The van der Waals surface area contributed by atoms with Crippen molar-refractivity contribution in [2.75, 3.05) is 33.9 Å². The molecular weight excluding hydrogens is 380 g/mol. The van der Waals surface area contributed by atoms with E-state index < -0.39 is 0 Å². The van der Waals surface area contributed by atoms with Crippen LogP contribution in [0.25, 0.3) is 0 Å². The minimum Gasteiger partial charge on any atom is -0.497 e. The van der Waals surface area contributed by atoms with E-state index in [9.17, 15) is 9.59 Å². The van der Waals surface area contributed by atoms with Crippen LogP contribution in [-0.4, -0.2) is 50.6 Å². The average molecular weight is 411 g/mol. The molecule has 1 aliphatic rings. The van der Waals surface area contributed by atoms with Gasteiger partial charge in [0.25, 0.3) is 11.8 Å². The van der Waals surface area contributed by atoms with E-state index in [-0.39, 0.29) is 11.8 Å². The van der Waals surface area contributed by atoms with Crippen molar-refractivity contribution in [3.05, 3.63) is 59.2 Å². The van der Waals surface area contributed by atoms with Gasteiger partial charge >= 0.3 is 0 Å². The summed E-state index contributed by atoms with van der Waals surface area (Å²) >= 11 is 0. The third-order valence-electron chi connectivity index (χ3n) is 5.65. The second-order valence-electron chi connectivity index (χ2n) is 7.75. The van der Waals surface area contributed by atoms with Gasteiger partial charge in [-0.05, 0) is 56.4 Å². The number of hydrogen-bond donors (Lipinski definition) is 1. The number of nitrogens with one attached hydrogen (secondary N) is 1. The third-order valence-corrected chi connectivity index (χ3v) is 5.65. The van der Waals surface area contributed by atoms with Crippen molar-refractivity contribution >= 4 is 11.8 Å². The molecule has 0 spiro atoms. The van der Waals surface area contributed by atoms with Crippen molar-refractivity contribution in [2.45, 2.75) is 26.2 Å². The number of hydrogen-bond acceptors (Lipinski definition) is 4. The SMILES string of the molecule is COc1cc(OC)cc(C(=O)NCCC2CCN(C(=O)c3ccc(C)cc3)CC2)c1. The van der Waals surface area contributed by atoms with Gasteiger partial charge in [-0.15, -0.1) is 0 Å². The van der Waals surface area contributed by atoms with E-state index in [4.69, 9.17) is 9.47 Å². The van der Waals surface area contributed by atoms with Crippen LogP contribution in [0.5, 0.6) is 11.5 Å². The quantitative estimate of drug-likeness (QED) is 0.756. The zero-order valence-electron chi connectivity index (χ0n) is 17.9. The highest BCUT2D eigenvalue weighted by Gasteiger charge is 2.23. The maximum absolute atomic E-state index is 12.6. The predicted molar refractivity (Wildman–Crippen MR) is 116 cm³/mol. The number of aryl methyl sites for hydroxylation is 1. The lowest BCUT2D eigenvalue weighted by Gasteiger charge is -2.32. The van der Waals surface area contributed by atoms with Crippen LogP contribution in [0.3, 0.4) is 0 Å². The molecule has 0 radical (unpaired) electrons. The molecule has 0 aliphatic carbocycles. The normalized spacial score (nSPS) is 14.3. The monoisotopic (exact) mass is 410 g/mol. The maximum Gasteiger partial charge on any atom is 0.253 e. The fraction of sp³-hybridized carbons (Fsp3) is 0.417. The van der Waals surface area contributed by atoms with Gasteiger partial charge in [0.1, 0.15) is 11.5 Å². The number of amides is 2. The van der Waals surface area contributed by atoms with E-state index in [2.05, 4.69) is 5.32 Å². The first-order chi connectivity index (χ1) is 14.5. The molecule has 0 bridgehead atoms. The predicted octanol–water partition coefficient (Wildman–Crippen LogP) is 3.68. The standard InChI is InChI=1S/C24H30N2O4/c1-17-4-6-19(7-5-17)24(28)26-12-9-18(10-13-26)8-11-25-23(27)20-14-21(29-2)16-22(15-20)30-3/h4-7,14-16,18H,8-13H2,1-3H3,(H,25,27). The first-order valence-electron chi connectivity index (χ1n) is 10.4. The largest absolute Gasteiger partial charge is 0.497 e. The number of carbonyl (C=O) groups is 2. The summed E-state index contributed by atoms with van der Waals surface area (Å²) in [6, 6.07) is 12.9. The Labute approximate surface area is 178 Å². The number of benzene rings is 2. The van der Waals surface area contributed by atoms with E-state index in [1.54, 1.807) is 32.4 Å². The first-order valence-corrected chi connectivity index (χ1v) is 10.4. The van der Waals surface area contributed by atoms with E-state index in [0.717, 1.165) is 43.5 Å². The van der Waals surface area contributed by atoms with Crippen molar-refractivity contribution in [1.29, 1.82) is 0 Å². The lowest BCUT2D eigenvalue weighted by Crippen LogP contribution is -2.39. The number of rotatable bonds is 7. The number of likely N-dealkylation sites (tertiary alicyclic amines) is 1. The molecule has 1 saturated heterocycles. The van der Waals surface area contributed by atoms with Crippen LogP contribution in [0.15, 0.2) is 42.5 Å². The molecule has 160 valence electrons. The summed E-state index contributed by atoms with van der Waals surface area (Å²) in [6.45, 7) is 4.15. The molecule has 2 amide bonds. The summed E-state index contributed by atoms with van der Waals surface area (Å²) in [5, 5.41) is 2.98. The summed E-state index contributed by atoms with van der Waals surface area (Å²) in [6.07, 6.45) is 2.82. The molecule has 2 aromatic carbocycles. The van der Waals surface area contributed by atoms with Crippen LogP contribution in [0.4, 0.5) is 0 Å². The Hall–Kier alpha value is -3.02. The van der Waals surface area contributed by atoms with Gasteiger partial charge in [-0.2, -0.15) is 0 Å². The highest BCUT2D eigenvalue weighted by molar-refractivity contribution is 5.95. The molecule has 6 heteroatoms. The van der Waals surface area contributed by atoms with Gasteiger partial charge in [0, 0.05) is 36.8 Å². The van der Waals surface area contributed by atoms with E-state index >= 15 is 0 Å². The number of piperidine rings is 1. The average Bonchev–Trinajstić information content (AvgIpc) is 2.79. The summed E-state index contributed by atoms with van der Waals surface area (Å²) < 4.78 is 10.4. The number of methoxy groups -OCH3 is 2. The van der Waals surface area contributed by atoms with Gasteiger partial charge in [0.05, 0.1) is 14.2 Å². The molecule has 1 aliphatic heterocycles. The Morgan fingerprint density at radius 1 is 0.967 bits per heavy atom. The van der Waals surface area contributed by atoms with Crippen molar-refractivity contribution in [2.24, 2.45) is 5.92 Å². The van der Waals surface area contributed by atoms with Crippen molar-refractivity contribution in [3.63, 3.8) is 0 Å². The van der Waals surface area contributed by atoms with Crippen LogP contribution >= 0.6 is 0 Å². The third kappa shape index (κ3) is 5.53. The molecule has 0 unspecified atom stereocenters. The topological polar surface area (TPSA) is 67.9 Å². The summed E-state index contributed by atoms with van der Waals surface area (Å²) in [4.78, 5) is 27.0. The lowest BCUT2D eigenvalue weighted by atomic mass is 9.93. The Morgan fingerprint density at radius 3 is 2.13 bits per heavy atom. The maximum atomic E-state index is 12.6. The van der Waals surface area contributed by atoms with E-state index in [0.29, 0.717) is 29.5 Å². The summed E-state index contributed by atoms with van der Waals surface area (Å²) in [5.74, 6) is 1.65. The van der Waals surface area contributed by atoms with Crippen LogP contribution in [0, 0.1) is 12.8 Å². The highest BCUT2D eigenvalue weighted by atomic mass is 16.5. The number of carbonyl (C=O) groups excluding carboxylic acids is 2. The van der Waals surface area contributed by atoms with Crippen molar-refractivity contribution < 1.29 is 19.1 Å². The van der Waals surface area contributed by atoms with Crippen LogP contribution in [0.2, 0.25) is 0 Å². The van der Waals surface area contributed by atoms with Gasteiger partial charge in [-0.1, -0.05) is 17.7 Å². The van der Waals surface area contributed by atoms with Gasteiger partial charge in [0.15, 0.2) is 0 Å². The highest BCUT2D eigenvalue weighted by Crippen LogP contribution is 2.23. The Morgan fingerprint density at radius 2 is 1.57 bits per heavy atom. The van der Waals surface area contributed by atoms with Crippen LogP contribution in [0.1, 0.15) is 45.5 Å². The minimum absolute atomic E-state index is 0.105. The first kappa shape index (κ1) is 21.7. The van der Waals surface area contributed by atoms with Gasteiger partial charge < -0.3 is 19.7 Å².